The van der Waals surface area contributed by atoms with Crippen molar-refractivity contribution in [2.24, 2.45) is 0 Å². The van der Waals surface area contributed by atoms with Crippen molar-refractivity contribution in [3.8, 4) is 23.0 Å². The van der Waals surface area contributed by atoms with Gasteiger partial charge in [0.25, 0.3) is 5.91 Å². The minimum absolute atomic E-state index is 0.0713. The summed E-state index contributed by atoms with van der Waals surface area (Å²) in [6.07, 6.45) is 2.15. The van der Waals surface area contributed by atoms with Crippen LogP contribution in [0.3, 0.4) is 0 Å². The topological polar surface area (TPSA) is 164 Å². The number of pyridine rings is 1. The van der Waals surface area contributed by atoms with Gasteiger partial charge in [-0.15, -0.1) is 0 Å². The van der Waals surface area contributed by atoms with Gasteiger partial charge in [0.15, 0.2) is 5.82 Å². The van der Waals surface area contributed by atoms with Crippen molar-refractivity contribution < 1.29 is 33.8 Å². The number of ether oxygens (including phenoxy) is 2. The Bertz CT molecular complexity index is 1360. The summed E-state index contributed by atoms with van der Waals surface area (Å²) in [5.41, 5.74) is 0.564. The van der Waals surface area contributed by atoms with E-state index >= 15 is 0 Å². The van der Waals surface area contributed by atoms with Crippen molar-refractivity contribution in [2.75, 3.05) is 32.8 Å². The predicted octanol–water partition coefficient (Wildman–Crippen LogP) is 2.59. The van der Waals surface area contributed by atoms with Crippen LogP contribution in [0.25, 0.3) is 11.4 Å². The lowest BCUT2D eigenvalue weighted by atomic mass is 10.1. The molecule has 4 rings (SSSR count). The molecule has 1 atom stereocenters. The molecule has 1 aliphatic rings. The molecule has 1 aromatic carbocycles. The molecule has 0 bridgehead atoms. The zero-order chi connectivity index (χ0) is 29.2. The van der Waals surface area contributed by atoms with Gasteiger partial charge in [0.2, 0.25) is 11.8 Å². The summed E-state index contributed by atoms with van der Waals surface area (Å²) in [5, 5.41) is 11.9. The molecule has 3 heterocycles. The third-order valence-electron chi connectivity index (χ3n) is 6.19. The Hall–Kier alpha value is -5.07. The first-order valence-electron chi connectivity index (χ1n) is 13.1. The summed E-state index contributed by atoms with van der Waals surface area (Å²) in [7, 11) is 0. The third kappa shape index (κ3) is 7.97. The number of piperazine rings is 1. The van der Waals surface area contributed by atoms with E-state index in [-0.39, 0.29) is 63.0 Å². The normalized spacial score (nSPS) is 13.7. The van der Waals surface area contributed by atoms with E-state index in [4.69, 9.17) is 9.47 Å². The van der Waals surface area contributed by atoms with Crippen molar-refractivity contribution in [3.05, 3.63) is 66.6 Å². The minimum atomic E-state index is -1.13. The number of hydrogen-bond donors (Lipinski definition) is 2. The molecule has 214 valence electrons. The molecule has 3 aromatic rings. The van der Waals surface area contributed by atoms with Gasteiger partial charge in [0.1, 0.15) is 17.5 Å². The van der Waals surface area contributed by atoms with Gasteiger partial charge in [-0.1, -0.05) is 30.3 Å². The molecule has 13 nitrogen and oxygen atoms in total. The number of amides is 3. The minimum Gasteiger partial charge on any atom is -0.481 e. The van der Waals surface area contributed by atoms with Gasteiger partial charge in [-0.3, -0.25) is 19.4 Å². The molecule has 1 saturated heterocycles. The van der Waals surface area contributed by atoms with Gasteiger partial charge >= 0.3 is 12.1 Å². The van der Waals surface area contributed by atoms with Gasteiger partial charge in [-0.05, 0) is 25.5 Å². The van der Waals surface area contributed by atoms with Crippen LogP contribution in [0, 0.1) is 0 Å². The van der Waals surface area contributed by atoms with Crippen molar-refractivity contribution >= 4 is 23.9 Å². The number of carboxylic acids is 1. The number of nitrogens with zero attached hydrogens (tertiary/aromatic N) is 5. The lowest BCUT2D eigenvalue weighted by molar-refractivity contribution is -0.138. The molecular formula is C28H30N6O7. The van der Waals surface area contributed by atoms with Crippen LogP contribution in [-0.2, 0) is 14.3 Å². The first-order valence-corrected chi connectivity index (χ1v) is 13.1. The molecular weight excluding hydrogens is 532 g/mol. The molecule has 0 saturated carbocycles. The first kappa shape index (κ1) is 28.9. The fourth-order valence-electron chi connectivity index (χ4n) is 4.14. The number of carbonyl (C=O) groups is 4. The van der Waals surface area contributed by atoms with Gasteiger partial charge < -0.3 is 29.7 Å². The Morgan fingerprint density at radius 1 is 1.00 bits per heavy atom. The highest BCUT2D eigenvalue weighted by molar-refractivity contribution is 5.96. The molecule has 0 radical (unpaired) electrons. The summed E-state index contributed by atoms with van der Waals surface area (Å²) >= 11 is 0. The van der Waals surface area contributed by atoms with Crippen LogP contribution in [0.1, 0.15) is 30.3 Å². The zero-order valence-electron chi connectivity index (χ0n) is 22.4. The summed E-state index contributed by atoms with van der Waals surface area (Å²) in [6.45, 7) is 2.89. The largest absolute Gasteiger partial charge is 0.481 e. The van der Waals surface area contributed by atoms with Crippen molar-refractivity contribution in [1.82, 2.24) is 30.1 Å². The number of carbonyl (C=O) groups excluding carboxylic acids is 3. The second-order valence-electron chi connectivity index (χ2n) is 9.04. The number of benzene rings is 1. The highest BCUT2D eigenvalue weighted by Crippen LogP contribution is 2.23. The quantitative estimate of drug-likeness (QED) is 0.375. The average molecular weight is 563 g/mol. The van der Waals surface area contributed by atoms with Gasteiger partial charge in [0.05, 0.1) is 12.8 Å². The van der Waals surface area contributed by atoms with Gasteiger partial charge in [-0.25, -0.2) is 9.78 Å². The van der Waals surface area contributed by atoms with E-state index in [0.717, 1.165) is 0 Å². The van der Waals surface area contributed by atoms with E-state index < -0.39 is 29.9 Å². The molecule has 2 N–H and O–H groups in total. The Labute approximate surface area is 236 Å². The van der Waals surface area contributed by atoms with Crippen LogP contribution < -0.4 is 10.1 Å². The van der Waals surface area contributed by atoms with E-state index in [2.05, 4.69) is 20.3 Å². The lowest BCUT2D eigenvalue weighted by Crippen LogP contribution is -2.56. The smallest absolute Gasteiger partial charge is 0.409 e. The van der Waals surface area contributed by atoms with E-state index in [1.807, 2.05) is 6.07 Å². The predicted molar refractivity (Wildman–Crippen MR) is 145 cm³/mol. The number of carboxylic acid groups (broad SMARTS) is 1. The van der Waals surface area contributed by atoms with Crippen LogP contribution in [0.4, 0.5) is 4.79 Å². The summed E-state index contributed by atoms with van der Waals surface area (Å²) in [5.74, 6) is -1.55. The fraction of sp³-hybridized carbons (Fsp3) is 0.321. The van der Waals surface area contributed by atoms with E-state index in [0.29, 0.717) is 11.3 Å². The van der Waals surface area contributed by atoms with Gasteiger partial charge in [0, 0.05) is 50.4 Å². The fourth-order valence-corrected chi connectivity index (χ4v) is 4.14. The Morgan fingerprint density at radius 3 is 2.39 bits per heavy atom. The van der Waals surface area contributed by atoms with Crippen LogP contribution in [0.2, 0.25) is 0 Å². The molecule has 3 amide bonds. The Kier molecular flexibility index (Phi) is 9.75. The zero-order valence-corrected chi connectivity index (χ0v) is 22.4. The number of aromatic nitrogens is 3. The maximum Gasteiger partial charge on any atom is 0.409 e. The number of aliphatic carboxylic acids is 1. The number of hydrogen-bond acceptors (Lipinski definition) is 9. The second kappa shape index (κ2) is 13.8. The highest BCUT2D eigenvalue weighted by atomic mass is 16.6. The third-order valence-corrected chi connectivity index (χ3v) is 6.19. The molecule has 1 fully saturated rings. The maximum atomic E-state index is 13.4. The standard InChI is InChI=1S/C28H30N6O7/c1-2-40-28(39)34-15-13-33(14-16-34)27(38)21(10-11-24(35)36)31-26(37)22-17-23(41-20-9-6-12-29-18-20)32-25(30-22)19-7-4-3-5-8-19/h3-9,12,17-18,21H,2,10-11,13-16H2,1H3,(H,31,37)(H,35,36). The highest BCUT2D eigenvalue weighted by Gasteiger charge is 2.31. The van der Waals surface area contributed by atoms with E-state index in [1.54, 1.807) is 49.5 Å². The van der Waals surface area contributed by atoms with Crippen molar-refractivity contribution in [1.29, 1.82) is 0 Å². The van der Waals surface area contributed by atoms with Crippen LogP contribution in [-0.4, -0.2) is 92.6 Å². The molecule has 0 spiro atoms. The number of rotatable bonds is 10. The number of nitrogens with one attached hydrogen (secondary N) is 1. The van der Waals surface area contributed by atoms with E-state index in [9.17, 15) is 24.3 Å². The second-order valence-corrected chi connectivity index (χ2v) is 9.04. The summed E-state index contributed by atoms with van der Waals surface area (Å²) < 4.78 is 10.8. The van der Waals surface area contributed by atoms with Gasteiger partial charge in [-0.2, -0.15) is 4.98 Å². The summed E-state index contributed by atoms with van der Waals surface area (Å²) in [6, 6.07) is 12.6. The maximum absolute atomic E-state index is 13.4. The SMILES string of the molecule is CCOC(=O)N1CCN(C(=O)C(CCC(=O)O)NC(=O)c2cc(Oc3cccnc3)nc(-c3ccccc3)n2)CC1. The molecule has 1 unspecified atom stereocenters. The van der Waals surface area contributed by atoms with E-state index in [1.165, 1.54) is 22.1 Å². The molecule has 2 aromatic heterocycles. The summed E-state index contributed by atoms with van der Waals surface area (Å²) in [4.78, 5) is 66.0. The lowest BCUT2D eigenvalue weighted by Gasteiger charge is -2.35. The Balaban J connectivity index is 1.55. The van der Waals surface area contributed by atoms with Crippen LogP contribution in [0.5, 0.6) is 11.6 Å². The van der Waals surface area contributed by atoms with Crippen molar-refractivity contribution in [2.45, 2.75) is 25.8 Å². The van der Waals surface area contributed by atoms with Crippen molar-refractivity contribution in [3.63, 3.8) is 0 Å². The molecule has 13 heteroatoms. The molecule has 41 heavy (non-hydrogen) atoms. The molecule has 0 aliphatic carbocycles. The average Bonchev–Trinajstić information content (AvgIpc) is 2.99. The van der Waals surface area contributed by atoms with Crippen LogP contribution in [0.15, 0.2) is 60.9 Å². The Morgan fingerprint density at radius 2 is 1.73 bits per heavy atom. The monoisotopic (exact) mass is 562 g/mol. The van der Waals surface area contributed by atoms with Crippen LogP contribution >= 0.6 is 0 Å². The molecule has 1 aliphatic heterocycles. The first-order chi connectivity index (χ1) is 19.8.